The maximum Gasteiger partial charge on any atom is 0.337 e. The lowest BCUT2D eigenvalue weighted by Gasteiger charge is -2.05. The van der Waals surface area contributed by atoms with Crippen LogP contribution >= 0.6 is 0 Å². The standard InChI is InChI=1S/C22H16FN3O3/c1-29-22(28)14-4-2-13(3-5-14)20-25-18-11-6-15(12-19(18)26-20)21(27)24-17-9-7-16(23)8-10-17/h2-12H,1H3,(H,24,27)(H,25,26). The van der Waals surface area contributed by atoms with E-state index in [1.165, 1.54) is 31.4 Å². The number of rotatable bonds is 4. The number of methoxy groups -OCH3 is 1. The fourth-order valence-corrected chi connectivity index (χ4v) is 2.91. The smallest absolute Gasteiger partial charge is 0.337 e. The number of carbonyl (C=O) groups is 2. The summed E-state index contributed by atoms with van der Waals surface area (Å²) in [5, 5.41) is 2.73. The first-order chi connectivity index (χ1) is 14.0. The van der Waals surface area contributed by atoms with E-state index in [9.17, 15) is 14.0 Å². The number of esters is 1. The van der Waals surface area contributed by atoms with Gasteiger partial charge in [-0.15, -0.1) is 0 Å². The van der Waals surface area contributed by atoms with E-state index in [1.807, 2.05) is 0 Å². The fraction of sp³-hybridized carbons (Fsp3) is 0.0455. The van der Waals surface area contributed by atoms with Crippen molar-refractivity contribution in [2.75, 3.05) is 12.4 Å². The van der Waals surface area contributed by atoms with Gasteiger partial charge in [-0.2, -0.15) is 0 Å². The zero-order valence-electron chi connectivity index (χ0n) is 15.4. The second-order valence-corrected chi connectivity index (χ2v) is 6.35. The minimum absolute atomic E-state index is 0.308. The van der Waals surface area contributed by atoms with Crippen LogP contribution in [-0.4, -0.2) is 29.0 Å². The fourth-order valence-electron chi connectivity index (χ4n) is 2.91. The lowest BCUT2D eigenvalue weighted by Crippen LogP contribution is -2.11. The van der Waals surface area contributed by atoms with Crippen LogP contribution in [-0.2, 0) is 4.74 Å². The van der Waals surface area contributed by atoms with Crippen molar-refractivity contribution < 1.29 is 18.7 Å². The third kappa shape index (κ3) is 3.84. The average molecular weight is 389 g/mol. The highest BCUT2D eigenvalue weighted by atomic mass is 19.1. The monoisotopic (exact) mass is 389 g/mol. The van der Waals surface area contributed by atoms with Crippen LogP contribution in [0.5, 0.6) is 0 Å². The van der Waals surface area contributed by atoms with Gasteiger partial charge in [-0.05, 0) is 54.6 Å². The van der Waals surface area contributed by atoms with Crippen LogP contribution in [0.15, 0.2) is 66.7 Å². The van der Waals surface area contributed by atoms with Gasteiger partial charge in [0.15, 0.2) is 0 Å². The summed E-state index contributed by atoms with van der Waals surface area (Å²) in [4.78, 5) is 31.7. The third-order valence-electron chi connectivity index (χ3n) is 4.43. The molecule has 144 valence electrons. The molecule has 0 radical (unpaired) electrons. The molecule has 0 aliphatic heterocycles. The number of fused-ring (bicyclic) bond motifs is 1. The second-order valence-electron chi connectivity index (χ2n) is 6.35. The van der Waals surface area contributed by atoms with E-state index in [0.29, 0.717) is 33.7 Å². The molecule has 6 nitrogen and oxygen atoms in total. The highest BCUT2D eigenvalue weighted by molar-refractivity contribution is 6.06. The van der Waals surface area contributed by atoms with Crippen molar-refractivity contribution in [1.29, 1.82) is 0 Å². The zero-order chi connectivity index (χ0) is 20.4. The van der Waals surface area contributed by atoms with Crippen molar-refractivity contribution >= 4 is 28.6 Å². The number of H-pyrrole nitrogens is 1. The van der Waals surface area contributed by atoms with E-state index < -0.39 is 5.97 Å². The van der Waals surface area contributed by atoms with Gasteiger partial charge in [0, 0.05) is 16.8 Å². The molecule has 1 heterocycles. The van der Waals surface area contributed by atoms with Crippen LogP contribution in [0.3, 0.4) is 0 Å². The van der Waals surface area contributed by atoms with Crippen molar-refractivity contribution in [1.82, 2.24) is 9.97 Å². The summed E-state index contributed by atoms with van der Waals surface area (Å²) in [5.41, 5.74) is 3.60. The van der Waals surface area contributed by atoms with Crippen LogP contribution in [0.1, 0.15) is 20.7 Å². The molecular weight excluding hydrogens is 373 g/mol. The van der Waals surface area contributed by atoms with Crippen LogP contribution in [0.2, 0.25) is 0 Å². The van der Waals surface area contributed by atoms with Gasteiger partial charge in [-0.1, -0.05) is 12.1 Å². The van der Waals surface area contributed by atoms with Crippen LogP contribution in [0.25, 0.3) is 22.4 Å². The molecule has 0 aliphatic carbocycles. The maximum atomic E-state index is 13.0. The number of carbonyl (C=O) groups excluding carboxylic acids is 2. The number of amides is 1. The van der Waals surface area contributed by atoms with E-state index in [2.05, 4.69) is 15.3 Å². The van der Waals surface area contributed by atoms with E-state index >= 15 is 0 Å². The predicted octanol–water partition coefficient (Wildman–Crippen LogP) is 4.41. The summed E-state index contributed by atoms with van der Waals surface area (Å²) in [6.07, 6.45) is 0. The lowest BCUT2D eigenvalue weighted by atomic mass is 10.1. The Balaban J connectivity index is 1.58. The topological polar surface area (TPSA) is 84.1 Å². The number of nitrogens with zero attached hydrogens (tertiary/aromatic N) is 1. The summed E-state index contributed by atoms with van der Waals surface area (Å²) >= 11 is 0. The number of halogens is 1. The molecule has 1 amide bonds. The van der Waals surface area contributed by atoms with Gasteiger partial charge < -0.3 is 15.0 Å². The number of nitrogens with one attached hydrogen (secondary N) is 2. The predicted molar refractivity (Wildman–Crippen MR) is 107 cm³/mol. The number of benzene rings is 3. The van der Waals surface area contributed by atoms with Gasteiger partial charge in [-0.25, -0.2) is 14.2 Å². The normalized spacial score (nSPS) is 10.7. The maximum absolute atomic E-state index is 13.0. The summed E-state index contributed by atoms with van der Waals surface area (Å²) in [6, 6.07) is 17.6. The van der Waals surface area contributed by atoms with Crippen LogP contribution < -0.4 is 5.32 Å². The molecule has 0 saturated heterocycles. The van der Waals surface area contributed by atoms with Gasteiger partial charge in [0.25, 0.3) is 5.91 Å². The summed E-state index contributed by atoms with van der Waals surface area (Å²) < 4.78 is 17.7. The van der Waals surface area contributed by atoms with E-state index in [0.717, 1.165) is 5.56 Å². The van der Waals surface area contributed by atoms with E-state index in [1.54, 1.807) is 42.5 Å². The van der Waals surface area contributed by atoms with Gasteiger partial charge in [0.05, 0.1) is 23.7 Å². The number of aromatic amines is 1. The van der Waals surface area contributed by atoms with Gasteiger partial charge >= 0.3 is 5.97 Å². The average Bonchev–Trinajstić information content (AvgIpc) is 3.18. The van der Waals surface area contributed by atoms with E-state index in [-0.39, 0.29) is 11.7 Å². The Morgan fingerprint density at radius 1 is 0.966 bits per heavy atom. The number of anilines is 1. The molecular formula is C22H16FN3O3. The Labute approximate surface area is 165 Å². The van der Waals surface area contributed by atoms with Crippen molar-refractivity contribution in [3.8, 4) is 11.4 Å². The molecule has 0 saturated carbocycles. The summed E-state index contributed by atoms with van der Waals surface area (Å²) in [5.74, 6) is -0.461. The zero-order valence-corrected chi connectivity index (χ0v) is 15.4. The molecule has 7 heteroatoms. The molecule has 2 N–H and O–H groups in total. The van der Waals surface area contributed by atoms with Gasteiger partial charge in [-0.3, -0.25) is 4.79 Å². The Bertz CT molecular complexity index is 1200. The van der Waals surface area contributed by atoms with Crippen molar-refractivity contribution in [2.24, 2.45) is 0 Å². The first-order valence-electron chi connectivity index (χ1n) is 8.79. The SMILES string of the molecule is COC(=O)c1ccc(-c2nc3ccc(C(=O)Nc4ccc(F)cc4)cc3[nH]2)cc1. The highest BCUT2D eigenvalue weighted by Gasteiger charge is 2.11. The Morgan fingerprint density at radius 3 is 2.34 bits per heavy atom. The van der Waals surface area contributed by atoms with Gasteiger partial charge in [0.1, 0.15) is 11.6 Å². The minimum atomic E-state index is -0.405. The summed E-state index contributed by atoms with van der Waals surface area (Å²) in [7, 11) is 1.33. The van der Waals surface area contributed by atoms with Gasteiger partial charge in [0.2, 0.25) is 0 Å². The number of hydrogen-bond donors (Lipinski definition) is 2. The largest absolute Gasteiger partial charge is 0.465 e. The second kappa shape index (κ2) is 7.55. The number of aromatic nitrogens is 2. The van der Waals surface area contributed by atoms with E-state index in [4.69, 9.17) is 4.74 Å². The molecule has 4 aromatic rings. The first kappa shape index (κ1) is 18.4. The first-order valence-corrected chi connectivity index (χ1v) is 8.79. The molecule has 0 spiro atoms. The van der Waals surface area contributed by atoms with Crippen molar-refractivity contribution in [2.45, 2.75) is 0 Å². The third-order valence-corrected chi connectivity index (χ3v) is 4.43. The Morgan fingerprint density at radius 2 is 1.66 bits per heavy atom. The summed E-state index contributed by atoms with van der Waals surface area (Å²) in [6.45, 7) is 0. The van der Waals surface area contributed by atoms with Crippen molar-refractivity contribution in [3.63, 3.8) is 0 Å². The molecule has 3 aromatic carbocycles. The molecule has 0 fully saturated rings. The Hall–Kier alpha value is -4.00. The Kier molecular flexibility index (Phi) is 4.78. The van der Waals surface area contributed by atoms with Crippen molar-refractivity contribution in [3.05, 3.63) is 83.7 Å². The molecule has 0 bridgehead atoms. The molecule has 0 unspecified atom stereocenters. The van der Waals surface area contributed by atoms with Crippen LogP contribution in [0, 0.1) is 5.82 Å². The quantitative estimate of drug-likeness (QED) is 0.507. The highest BCUT2D eigenvalue weighted by Crippen LogP contribution is 2.22. The number of imidazole rings is 1. The number of ether oxygens (including phenoxy) is 1. The molecule has 0 atom stereocenters. The molecule has 0 aliphatic rings. The van der Waals surface area contributed by atoms with Crippen LogP contribution in [0.4, 0.5) is 10.1 Å². The number of hydrogen-bond acceptors (Lipinski definition) is 4. The molecule has 1 aromatic heterocycles. The molecule has 4 rings (SSSR count). The lowest BCUT2D eigenvalue weighted by molar-refractivity contribution is 0.0600. The minimum Gasteiger partial charge on any atom is -0.465 e. The molecule has 29 heavy (non-hydrogen) atoms.